The van der Waals surface area contributed by atoms with Gasteiger partial charge in [-0.2, -0.15) is 0 Å². The van der Waals surface area contributed by atoms with Crippen LogP contribution < -0.4 is 10.9 Å². The molecule has 1 amide bonds. The Morgan fingerprint density at radius 2 is 1.93 bits per heavy atom. The lowest BCUT2D eigenvalue weighted by Gasteiger charge is -2.13. The number of para-hydroxylation sites is 1. The molecule has 29 heavy (non-hydrogen) atoms. The number of unbranched alkanes of at least 4 members (excludes halogenated alkanes) is 1. The molecule has 0 aliphatic heterocycles. The maximum absolute atomic E-state index is 12.9. The monoisotopic (exact) mass is 409 g/mol. The van der Waals surface area contributed by atoms with Crippen molar-refractivity contribution in [3.05, 3.63) is 64.4 Å². The average Bonchev–Trinajstić information content (AvgIpc) is 2.72. The summed E-state index contributed by atoms with van der Waals surface area (Å²) in [5.41, 5.74) is 1.65. The molecule has 3 rings (SSSR count). The number of amides is 1. The van der Waals surface area contributed by atoms with Crippen molar-refractivity contribution in [3.63, 3.8) is 0 Å². The number of hydrogen-bond acceptors (Lipinski definition) is 5. The lowest BCUT2D eigenvalue weighted by atomic mass is 10.1. The summed E-state index contributed by atoms with van der Waals surface area (Å²) in [5, 5.41) is 3.91. The molecule has 1 N–H and O–H groups in total. The molecule has 0 saturated heterocycles. The van der Waals surface area contributed by atoms with Crippen molar-refractivity contribution in [1.82, 2.24) is 9.55 Å². The predicted molar refractivity (Wildman–Crippen MR) is 117 cm³/mol. The maximum Gasteiger partial charge on any atom is 0.262 e. The molecule has 2 aromatic carbocycles. The Hall–Kier alpha value is -2.93. The Kier molecular flexibility index (Phi) is 6.82. The second kappa shape index (κ2) is 9.52. The van der Waals surface area contributed by atoms with Gasteiger partial charge < -0.3 is 5.32 Å². The number of aromatic nitrogens is 2. The third-order valence-corrected chi connectivity index (χ3v) is 5.42. The van der Waals surface area contributed by atoms with Crippen molar-refractivity contribution in [1.29, 1.82) is 0 Å². The van der Waals surface area contributed by atoms with Crippen LogP contribution in [-0.4, -0.2) is 27.0 Å². The van der Waals surface area contributed by atoms with Gasteiger partial charge in [-0.1, -0.05) is 49.4 Å². The summed E-state index contributed by atoms with van der Waals surface area (Å²) in [4.78, 5) is 41.4. The number of anilines is 1. The molecule has 0 atom stereocenters. The normalized spacial score (nSPS) is 10.8. The molecular formula is C22H23N3O3S. The van der Waals surface area contributed by atoms with Crippen LogP contribution in [0.4, 0.5) is 5.69 Å². The first-order valence-corrected chi connectivity index (χ1v) is 10.5. The number of ketones is 1. The highest BCUT2D eigenvalue weighted by molar-refractivity contribution is 7.99. The van der Waals surface area contributed by atoms with Gasteiger partial charge in [0.15, 0.2) is 10.9 Å². The Bertz CT molecular complexity index is 1110. The van der Waals surface area contributed by atoms with E-state index in [2.05, 4.69) is 17.2 Å². The molecule has 0 aliphatic rings. The molecule has 0 fully saturated rings. The van der Waals surface area contributed by atoms with E-state index in [9.17, 15) is 14.4 Å². The fourth-order valence-corrected chi connectivity index (χ4v) is 3.74. The first-order chi connectivity index (χ1) is 14.0. The van der Waals surface area contributed by atoms with Crippen molar-refractivity contribution >= 4 is 40.0 Å². The smallest absolute Gasteiger partial charge is 0.262 e. The van der Waals surface area contributed by atoms with Crippen molar-refractivity contribution in [2.24, 2.45) is 0 Å². The summed E-state index contributed by atoms with van der Waals surface area (Å²) in [7, 11) is 0. The van der Waals surface area contributed by atoms with E-state index < -0.39 is 0 Å². The van der Waals surface area contributed by atoms with E-state index in [0.717, 1.165) is 12.8 Å². The van der Waals surface area contributed by atoms with Gasteiger partial charge in [0.25, 0.3) is 5.56 Å². The third-order valence-electron chi connectivity index (χ3n) is 4.45. The number of nitrogens with one attached hydrogen (secondary N) is 1. The van der Waals surface area contributed by atoms with Crippen LogP contribution >= 0.6 is 11.8 Å². The predicted octanol–water partition coefficient (Wildman–Crippen LogP) is 4.13. The molecule has 0 saturated carbocycles. The van der Waals surface area contributed by atoms with Gasteiger partial charge in [0, 0.05) is 17.8 Å². The summed E-state index contributed by atoms with van der Waals surface area (Å²) in [5.74, 6) is -0.169. The van der Waals surface area contributed by atoms with Crippen LogP contribution in [0.3, 0.4) is 0 Å². The Morgan fingerprint density at radius 1 is 1.14 bits per heavy atom. The van der Waals surface area contributed by atoms with Crippen LogP contribution in [0.2, 0.25) is 0 Å². The van der Waals surface area contributed by atoms with E-state index in [1.165, 1.54) is 18.7 Å². The Morgan fingerprint density at radius 3 is 2.69 bits per heavy atom. The van der Waals surface area contributed by atoms with Gasteiger partial charge in [-0.15, -0.1) is 0 Å². The van der Waals surface area contributed by atoms with Crippen molar-refractivity contribution < 1.29 is 9.59 Å². The number of rotatable bonds is 8. The molecule has 7 heteroatoms. The zero-order valence-corrected chi connectivity index (χ0v) is 17.3. The van der Waals surface area contributed by atoms with Gasteiger partial charge in [-0.25, -0.2) is 4.98 Å². The average molecular weight is 410 g/mol. The first kappa shape index (κ1) is 20.8. The van der Waals surface area contributed by atoms with Crippen LogP contribution in [-0.2, 0) is 11.3 Å². The lowest BCUT2D eigenvalue weighted by Crippen LogP contribution is -2.24. The number of fused-ring (bicyclic) bond motifs is 1. The van der Waals surface area contributed by atoms with Crippen LogP contribution in [0.5, 0.6) is 0 Å². The minimum Gasteiger partial charge on any atom is -0.325 e. The Labute approximate surface area is 173 Å². The number of nitrogens with zero attached hydrogens (tertiary/aromatic N) is 2. The number of thioether (sulfide) groups is 1. The van der Waals surface area contributed by atoms with Crippen LogP contribution in [0.15, 0.2) is 58.5 Å². The van der Waals surface area contributed by atoms with Gasteiger partial charge in [0.2, 0.25) is 5.91 Å². The van der Waals surface area contributed by atoms with Crippen LogP contribution in [0.1, 0.15) is 37.0 Å². The summed E-state index contributed by atoms with van der Waals surface area (Å²) >= 11 is 1.24. The van der Waals surface area contributed by atoms with E-state index in [1.807, 2.05) is 12.1 Å². The summed E-state index contributed by atoms with van der Waals surface area (Å²) in [6.07, 6.45) is 1.81. The standard InChI is InChI=1S/C22H23N3O3S/c1-3-4-12-25-21(28)18-10-5-6-11-19(18)24-22(25)29-14-20(27)23-17-9-7-8-16(13-17)15(2)26/h5-11,13H,3-4,12,14H2,1-2H3,(H,23,27). The minimum atomic E-state index is -0.222. The van der Waals surface area contributed by atoms with E-state index in [-0.39, 0.29) is 23.0 Å². The highest BCUT2D eigenvalue weighted by atomic mass is 32.2. The van der Waals surface area contributed by atoms with Crippen LogP contribution in [0, 0.1) is 0 Å². The second-order valence-electron chi connectivity index (χ2n) is 6.70. The van der Waals surface area contributed by atoms with Crippen molar-refractivity contribution in [2.45, 2.75) is 38.4 Å². The fraction of sp³-hybridized carbons (Fsp3) is 0.273. The Balaban J connectivity index is 1.78. The highest BCUT2D eigenvalue weighted by Crippen LogP contribution is 2.19. The van der Waals surface area contributed by atoms with Crippen LogP contribution in [0.25, 0.3) is 10.9 Å². The van der Waals surface area contributed by atoms with Crippen molar-refractivity contribution in [2.75, 3.05) is 11.1 Å². The number of benzene rings is 2. The van der Waals surface area contributed by atoms with Gasteiger partial charge in [0.05, 0.1) is 16.7 Å². The molecule has 0 bridgehead atoms. The largest absolute Gasteiger partial charge is 0.325 e. The number of carbonyl (C=O) groups is 2. The fourth-order valence-electron chi connectivity index (χ4n) is 2.91. The molecule has 0 spiro atoms. The zero-order chi connectivity index (χ0) is 20.8. The van der Waals surface area contributed by atoms with Gasteiger partial charge in [-0.3, -0.25) is 19.0 Å². The highest BCUT2D eigenvalue weighted by Gasteiger charge is 2.13. The molecular weight excluding hydrogens is 386 g/mol. The molecule has 3 aromatic rings. The lowest BCUT2D eigenvalue weighted by molar-refractivity contribution is -0.113. The first-order valence-electron chi connectivity index (χ1n) is 9.53. The SMILES string of the molecule is CCCCn1c(SCC(=O)Nc2cccc(C(C)=O)c2)nc2ccccc2c1=O. The van der Waals surface area contributed by atoms with E-state index in [1.54, 1.807) is 41.0 Å². The molecule has 1 heterocycles. The summed E-state index contributed by atoms with van der Waals surface area (Å²) < 4.78 is 1.65. The molecule has 6 nitrogen and oxygen atoms in total. The molecule has 150 valence electrons. The van der Waals surface area contributed by atoms with Gasteiger partial charge in [0.1, 0.15) is 0 Å². The summed E-state index contributed by atoms with van der Waals surface area (Å²) in [6.45, 7) is 4.12. The zero-order valence-electron chi connectivity index (χ0n) is 16.5. The topological polar surface area (TPSA) is 81.1 Å². The molecule has 0 unspecified atom stereocenters. The van der Waals surface area contributed by atoms with E-state index in [4.69, 9.17) is 0 Å². The second-order valence-corrected chi connectivity index (χ2v) is 7.64. The molecule has 0 radical (unpaired) electrons. The quantitative estimate of drug-likeness (QED) is 0.344. The van der Waals surface area contributed by atoms with Crippen molar-refractivity contribution in [3.8, 4) is 0 Å². The van der Waals surface area contributed by atoms with E-state index in [0.29, 0.717) is 33.9 Å². The maximum atomic E-state index is 12.9. The summed E-state index contributed by atoms with van der Waals surface area (Å²) in [6, 6.07) is 14.1. The number of Topliss-reactive ketones (excluding diaryl/α,β-unsaturated/α-hetero) is 1. The minimum absolute atomic E-state index is 0.0595. The number of hydrogen-bond donors (Lipinski definition) is 1. The van der Waals surface area contributed by atoms with E-state index >= 15 is 0 Å². The van der Waals surface area contributed by atoms with Gasteiger partial charge in [-0.05, 0) is 37.6 Å². The third kappa shape index (κ3) is 5.12. The van der Waals surface area contributed by atoms with Gasteiger partial charge >= 0.3 is 0 Å². The molecule has 0 aliphatic carbocycles. The molecule has 1 aromatic heterocycles. The number of carbonyl (C=O) groups excluding carboxylic acids is 2.